The summed E-state index contributed by atoms with van der Waals surface area (Å²) in [7, 11) is 5.50. The molecule has 39 heavy (non-hydrogen) atoms. The van der Waals surface area contributed by atoms with E-state index in [1.54, 1.807) is 41.4 Å². The Morgan fingerprint density at radius 3 is 2.59 bits per heavy atom. The molecule has 0 saturated carbocycles. The van der Waals surface area contributed by atoms with Crippen LogP contribution in [0.3, 0.4) is 0 Å². The summed E-state index contributed by atoms with van der Waals surface area (Å²) in [5, 5.41) is 0. The number of rotatable bonds is 9. The van der Waals surface area contributed by atoms with Crippen LogP contribution in [0.15, 0.2) is 47.5 Å². The summed E-state index contributed by atoms with van der Waals surface area (Å²) in [4.78, 5) is 44.7. The summed E-state index contributed by atoms with van der Waals surface area (Å²) in [6.45, 7) is 3.44. The first kappa shape index (κ1) is 26.2. The molecule has 2 amide bonds. The number of aromatic nitrogens is 4. The summed E-state index contributed by atoms with van der Waals surface area (Å²) in [5.74, 6) is 0.177. The fourth-order valence-electron chi connectivity index (χ4n) is 4.51. The number of halogens is 1. The van der Waals surface area contributed by atoms with E-state index in [1.165, 1.54) is 16.5 Å². The normalized spacial score (nSPS) is 13.5. The summed E-state index contributed by atoms with van der Waals surface area (Å²) in [5.41, 5.74) is 3.20. The number of H-pyrrole nitrogens is 1. The van der Waals surface area contributed by atoms with Gasteiger partial charge >= 0.3 is 11.6 Å². The molecular formula is C28H32FN7O3. The lowest BCUT2D eigenvalue weighted by molar-refractivity contribution is 0.229. The number of ether oxygens (including phenoxy) is 1. The van der Waals surface area contributed by atoms with Crippen LogP contribution < -0.4 is 20.1 Å². The lowest BCUT2D eigenvalue weighted by atomic mass is 10.1. The van der Waals surface area contributed by atoms with Gasteiger partial charge < -0.3 is 19.5 Å². The number of hydrogen-bond donors (Lipinski definition) is 1. The molecule has 5 rings (SSSR count). The monoisotopic (exact) mass is 533 g/mol. The number of amides is 2. The highest BCUT2D eigenvalue weighted by Crippen LogP contribution is 2.32. The highest BCUT2D eigenvalue weighted by Gasteiger charge is 2.30. The molecule has 0 spiro atoms. The third-order valence-electron chi connectivity index (χ3n) is 6.78. The first-order valence-electron chi connectivity index (χ1n) is 13.0. The van der Waals surface area contributed by atoms with Gasteiger partial charge in [0.15, 0.2) is 17.2 Å². The number of hydrogen-bond acceptors (Lipinski definition) is 6. The SMILES string of the molecule is CCCCOc1c(-c2ncc(Cc3ccc(F)cc3)[nH]2)nc2c(N3CCN(C)C3=O)cc(N(C)C)cn2c1=O. The highest BCUT2D eigenvalue weighted by atomic mass is 19.1. The van der Waals surface area contributed by atoms with E-state index >= 15 is 0 Å². The lowest BCUT2D eigenvalue weighted by Gasteiger charge is -2.22. The number of likely N-dealkylation sites (N-methyl/N-ethyl adjacent to an activating group) is 1. The number of imidazole rings is 1. The molecule has 10 nitrogen and oxygen atoms in total. The second kappa shape index (κ2) is 10.8. The minimum absolute atomic E-state index is 0.0929. The number of carbonyl (C=O) groups excluding carboxylic acids is 1. The molecule has 0 radical (unpaired) electrons. The van der Waals surface area contributed by atoms with Crippen LogP contribution in [-0.2, 0) is 6.42 Å². The largest absolute Gasteiger partial charge is 0.486 e. The Bertz CT molecular complexity index is 1560. The number of fused-ring (bicyclic) bond motifs is 1. The summed E-state index contributed by atoms with van der Waals surface area (Å²) >= 11 is 0. The van der Waals surface area contributed by atoms with Crippen molar-refractivity contribution in [2.45, 2.75) is 26.2 Å². The van der Waals surface area contributed by atoms with Crippen molar-refractivity contribution in [1.82, 2.24) is 24.3 Å². The number of aromatic amines is 1. The van der Waals surface area contributed by atoms with Crippen LogP contribution in [-0.4, -0.2) is 71.1 Å². The fourth-order valence-corrected chi connectivity index (χ4v) is 4.51. The minimum atomic E-state index is -0.382. The van der Waals surface area contributed by atoms with Gasteiger partial charge in [0.25, 0.3) is 0 Å². The number of nitrogens with one attached hydrogen (secondary N) is 1. The molecule has 4 heterocycles. The maximum absolute atomic E-state index is 13.9. The van der Waals surface area contributed by atoms with Gasteiger partial charge in [0, 0.05) is 58.7 Å². The predicted molar refractivity (Wildman–Crippen MR) is 148 cm³/mol. The minimum Gasteiger partial charge on any atom is -0.486 e. The smallest absolute Gasteiger partial charge is 0.324 e. The van der Waals surface area contributed by atoms with Gasteiger partial charge in [-0.05, 0) is 30.2 Å². The number of pyridine rings is 1. The number of nitrogens with zero attached hydrogens (tertiary/aromatic N) is 6. The standard InChI is InChI=1S/C28H32FN7O3/c1-5-6-13-39-24-23(25-30-16-20(31-25)14-18-7-9-19(29)10-8-18)32-26-22(35-12-11-34(4)28(35)38)15-21(33(2)3)17-36(26)27(24)37/h7-10,15-17H,5-6,11-14H2,1-4H3,(H,30,31). The molecule has 0 atom stereocenters. The second-order valence-electron chi connectivity index (χ2n) is 9.88. The summed E-state index contributed by atoms with van der Waals surface area (Å²) in [6, 6.07) is 7.97. The molecule has 0 unspecified atom stereocenters. The van der Waals surface area contributed by atoms with Crippen LogP contribution in [0.25, 0.3) is 17.2 Å². The summed E-state index contributed by atoms with van der Waals surface area (Å²) in [6.07, 6.45) is 5.55. The molecule has 0 aliphatic carbocycles. The van der Waals surface area contributed by atoms with Crippen LogP contribution in [0.4, 0.5) is 20.6 Å². The number of anilines is 2. The van der Waals surface area contributed by atoms with Crippen molar-refractivity contribution in [3.63, 3.8) is 0 Å². The zero-order chi connectivity index (χ0) is 27.7. The van der Waals surface area contributed by atoms with Crippen LogP contribution >= 0.6 is 0 Å². The van der Waals surface area contributed by atoms with Crippen LogP contribution in [0.1, 0.15) is 31.0 Å². The molecule has 1 aromatic carbocycles. The van der Waals surface area contributed by atoms with Crippen molar-refractivity contribution in [2.24, 2.45) is 0 Å². The van der Waals surface area contributed by atoms with E-state index in [0.717, 1.165) is 29.8 Å². The molecule has 11 heteroatoms. The van der Waals surface area contributed by atoms with Crippen LogP contribution in [0.5, 0.6) is 5.75 Å². The van der Waals surface area contributed by atoms with Gasteiger partial charge in [-0.3, -0.25) is 14.1 Å². The molecule has 3 aromatic heterocycles. The lowest BCUT2D eigenvalue weighted by Crippen LogP contribution is -2.31. The Morgan fingerprint density at radius 1 is 1.15 bits per heavy atom. The third-order valence-corrected chi connectivity index (χ3v) is 6.78. The van der Waals surface area contributed by atoms with E-state index in [4.69, 9.17) is 9.72 Å². The van der Waals surface area contributed by atoms with Gasteiger partial charge in [-0.1, -0.05) is 25.5 Å². The molecule has 0 bridgehead atoms. The van der Waals surface area contributed by atoms with Gasteiger partial charge in [0.1, 0.15) is 5.82 Å². The topological polar surface area (TPSA) is 99.1 Å². The number of urea groups is 1. The molecule has 1 aliphatic rings. The van der Waals surface area contributed by atoms with Crippen LogP contribution in [0, 0.1) is 5.82 Å². The Kier molecular flexibility index (Phi) is 7.23. The number of unbranched alkanes of at least 4 members (excludes halogenated alkanes) is 1. The first-order valence-corrected chi connectivity index (χ1v) is 13.0. The van der Waals surface area contributed by atoms with Gasteiger partial charge in [-0.25, -0.2) is 19.2 Å². The molecule has 204 valence electrons. The van der Waals surface area contributed by atoms with E-state index in [9.17, 15) is 14.0 Å². The zero-order valence-corrected chi connectivity index (χ0v) is 22.6. The molecule has 1 aliphatic heterocycles. The Morgan fingerprint density at radius 2 is 1.92 bits per heavy atom. The third kappa shape index (κ3) is 5.16. The second-order valence-corrected chi connectivity index (χ2v) is 9.88. The average Bonchev–Trinajstić information content (AvgIpc) is 3.52. The quantitative estimate of drug-likeness (QED) is 0.328. The van der Waals surface area contributed by atoms with E-state index in [-0.39, 0.29) is 28.9 Å². The molecule has 4 aromatic rings. The number of carbonyl (C=O) groups is 1. The van der Waals surface area contributed by atoms with E-state index in [0.29, 0.717) is 43.3 Å². The van der Waals surface area contributed by atoms with Crippen molar-refractivity contribution in [3.8, 4) is 17.3 Å². The fraction of sp³-hybridized carbons (Fsp3) is 0.357. The predicted octanol–water partition coefficient (Wildman–Crippen LogP) is 3.93. The van der Waals surface area contributed by atoms with Crippen molar-refractivity contribution >= 4 is 23.1 Å². The van der Waals surface area contributed by atoms with Gasteiger partial charge in [-0.15, -0.1) is 0 Å². The Labute approximate surface area is 225 Å². The Balaban J connectivity index is 1.66. The van der Waals surface area contributed by atoms with Crippen molar-refractivity contribution in [3.05, 3.63) is 70.2 Å². The van der Waals surface area contributed by atoms with Gasteiger partial charge in [0.2, 0.25) is 5.75 Å². The molecular weight excluding hydrogens is 501 g/mol. The molecule has 1 saturated heterocycles. The number of benzene rings is 1. The maximum Gasteiger partial charge on any atom is 0.324 e. The van der Waals surface area contributed by atoms with Gasteiger partial charge in [-0.2, -0.15) is 0 Å². The van der Waals surface area contributed by atoms with E-state index in [2.05, 4.69) is 9.97 Å². The van der Waals surface area contributed by atoms with Gasteiger partial charge in [0.05, 0.1) is 18.0 Å². The summed E-state index contributed by atoms with van der Waals surface area (Å²) < 4.78 is 20.8. The zero-order valence-electron chi connectivity index (χ0n) is 22.6. The van der Waals surface area contributed by atoms with E-state index < -0.39 is 0 Å². The Hall–Kier alpha value is -4.41. The van der Waals surface area contributed by atoms with Crippen molar-refractivity contribution < 1.29 is 13.9 Å². The van der Waals surface area contributed by atoms with Crippen molar-refractivity contribution in [1.29, 1.82) is 0 Å². The average molecular weight is 534 g/mol. The molecule has 1 N–H and O–H groups in total. The highest BCUT2D eigenvalue weighted by molar-refractivity contribution is 5.98. The van der Waals surface area contributed by atoms with Crippen LogP contribution in [0.2, 0.25) is 0 Å². The first-order chi connectivity index (χ1) is 18.8. The molecule has 1 fully saturated rings. The maximum atomic E-state index is 13.9. The van der Waals surface area contributed by atoms with E-state index in [1.807, 2.05) is 32.0 Å². The van der Waals surface area contributed by atoms with Crippen molar-refractivity contribution in [2.75, 3.05) is 50.6 Å².